The van der Waals surface area contributed by atoms with Crippen LogP contribution in [0.15, 0.2) is 53.4 Å². The van der Waals surface area contributed by atoms with Crippen LogP contribution < -0.4 is 5.32 Å². The molecule has 1 heterocycles. The van der Waals surface area contributed by atoms with Crippen LogP contribution in [0.1, 0.15) is 22.3 Å². The van der Waals surface area contributed by atoms with Gasteiger partial charge >= 0.3 is 0 Å². The van der Waals surface area contributed by atoms with E-state index < -0.39 is 48.0 Å². The van der Waals surface area contributed by atoms with Crippen molar-refractivity contribution in [3.8, 4) is 0 Å². The molecular formula is C18H18FNO5S2. The van der Waals surface area contributed by atoms with Crippen molar-refractivity contribution in [3.05, 3.63) is 65.5 Å². The van der Waals surface area contributed by atoms with E-state index in [-0.39, 0.29) is 23.6 Å². The Kier molecular flexibility index (Phi) is 5.34. The Morgan fingerprint density at radius 2 is 1.85 bits per heavy atom. The van der Waals surface area contributed by atoms with Crippen molar-refractivity contribution in [1.82, 2.24) is 5.32 Å². The molecule has 2 aromatic carbocycles. The highest BCUT2D eigenvalue weighted by Crippen LogP contribution is 2.26. The monoisotopic (exact) mass is 411 g/mol. The van der Waals surface area contributed by atoms with Crippen LogP contribution in [-0.4, -0.2) is 39.5 Å². The molecule has 2 aromatic rings. The molecule has 0 radical (unpaired) electrons. The zero-order valence-corrected chi connectivity index (χ0v) is 15.9. The van der Waals surface area contributed by atoms with Crippen LogP contribution in [0.25, 0.3) is 0 Å². The fourth-order valence-corrected chi connectivity index (χ4v) is 7.31. The molecule has 3 rings (SSSR count). The number of hydrogen-bond acceptors (Lipinski definition) is 5. The van der Waals surface area contributed by atoms with Crippen molar-refractivity contribution in [2.45, 2.75) is 23.1 Å². The van der Waals surface area contributed by atoms with Crippen LogP contribution in [0.5, 0.6) is 0 Å². The van der Waals surface area contributed by atoms with Gasteiger partial charge in [0.2, 0.25) is 0 Å². The first-order valence-corrected chi connectivity index (χ1v) is 11.6. The SMILES string of the molecule is O=C(NCc1ccccc1)c1cc(S(=O)(=O)C2CCS(=O)(=O)C2)ccc1F. The summed E-state index contributed by atoms with van der Waals surface area (Å²) in [5.74, 6) is -2.24. The van der Waals surface area contributed by atoms with E-state index in [1.807, 2.05) is 6.07 Å². The van der Waals surface area contributed by atoms with Gasteiger partial charge in [0, 0.05) is 6.54 Å². The maximum Gasteiger partial charge on any atom is 0.254 e. The highest BCUT2D eigenvalue weighted by atomic mass is 32.2. The van der Waals surface area contributed by atoms with Gasteiger partial charge in [-0.3, -0.25) is 4.79 Å². The molecule has 0 spiro atoms. The average Bonchev–Trinajstić information content (AvgIpc) is 3.01. The summed E-state index contributed by atoms with van der Waals surface area (Å²) in [6.07, 6.45) is -0.00240. The van der Waals surface area contributed by atoms with Gasteiger partial charge in [-0.25, -0.2) is 21.2 Å². The van der Waals surface area contributed by atoms with E-state index in [0.717, 1.165) is 23.8 Å². The van der Waals surface area contributed by atoms with Gasteiger partial charge in [0.05, 0.1) is 27.2 Å². The summed E-state index contributed by atoms with van der Waals surface area (Å²) in [6.45, 7) is 0.164. The second-order valence-corrected chi connectivity index (χ2v) is 10.8. The van der Waals surface area contributed by atoms with Crippen molar-refractivity contribution in [2.75, 3.05) is 11.5 Å². The van der Waals surface area contributed by atoms with E-state index in [1.54, 1.807) is 24.3 Å². The third kappa shape index (κ3) is 4.36. The third-order valence-corrected chi connectivity index (χ3v) is 8.61. The maximum absolute atomic E-state index is 14.1. The quantitative estimate of drug-likeness (QED) is 0.756. The van der Waals surface area contributed by atoms with E-state index in [4.69, 9.17) is 0 Å². The molecule has 1 aliphatic rings. The smallest absolute Gasteiger partial charge is 0.254 e. The zero-order chi connectivity index (χ0) is 19.7. The molecule has 1 atom stereocenters. The molecular weight excluding hydrogens is 393 g/mol. The molecule has 144 valence electrons. The Morgan fingerprint density at radius 1 is 1.15 bits per heavy atom. The van der Waals surface area contributed by atoms with Gasteiger partial charge in [-0.2, -0.15) is 0 Å². The molecule has 1 unspecified atom stereocenters. The summed E-state index contributed by atoms with van der Waals surface area (Å²) in [5.41, 5.74) is 0.416. The molecule has 1 N–H and O–H groups in total. The van der Waals surface area contributed by atoms with Crippen LogP contribution in [-0.2, 0) is 26.2 Å². The van der Waals surface area contributed by atoms with E-state index in [1.165, 1.54) is 0 Å². The van der Waals surface area contributed by atoms with E-state index >= 15 is 0 Å². The van der Waals surface area contributed by atoms with Gasteiger partial charge in [0.1, 0.15) is 5.82 Å². The molecule has 0 bridgehead atoms. The normalized spacial score (nSPS) is 18.9. The average molecular weight is 411 g/mol. The minimum Gasteiger partial charge on any atom is -0.348 e. The summed E-state index contributed by atoms with van der Waals surface area (Å²) in [5, 5.41) is 1.47. The lowest BCUT2D eigenvalue weighted by molar-refractivity contribution is 0.0946. The lowest BCUT2D eigenvalue weighted by atomic mass is 10.2. The minimum atomic E-state index is -3.98. The lowest BCUT2D eigenvalue weighted by Gasteiger charge is -2.12. The predicted molar refractivity (Wildman–Crippen MR) is 98.3 cm³/mol. The fourth-order valence-electron chi connectivity index (χ4n) is 2.93. The summed E-state index contributed by atoms with van der Waals surface area (Å²) >= 11 is 0. The number of nitrogens with one attached hydrogen (secondary N) is 1. The molecule has 0 aliphatic carbocycles. The van der Waals surface area contributed by atoms with Gasteiger partial charge in [0.15, 0.2) is 19.7 Å². The molecule has 0 saturated carbocycles. The van der Waals surface area contributed by atoms with Crippen molar-refractivity contribution in [1.29, 1.82) is 0 Å². The first-order chi connectivity index (χ1) is 12.7. The Hall–Kier alpha value is -2.26. The van der Waals surface area contributed by atoms with Crippen LogP contribution in [0, 0.1) is 5.82 Å². The highest BCUT2D eigenvalue weighted by molar-refractivity contribution is 7.96. The third-order valence-electron chi connectivity index (χ3n) is 4.44. The number of benzene rings is 2. The van der Waals surface area contributed by atoms with E-state index in [2.05, 4.69) is 5.32 Å². The summed E-state index contributed by atoms with van der Waals surface area (Å²) in [7, 11) is -7.37. The fraction of sp³-hybridized carbons (Fsp3) is 0.278. The number of sulfone groups is 2. The van der Waals surface area contributed by atoms with Gasteiger partial charge in [0.25, 0.3) is 5.91 Å². The van der Waals surface area contributed by atoms with Crippen molar-refractivity contribution >= 4 is 25.6 Å². The number of hydrogen-bond donors (Lipinski definition) is 1. The Balaban J connectivity index is 1.82. The predicted octanol–water partition coefficient (Wildman–Crippen LogP) is 1.72. The number of rotatable bonds is 5. The highest BCUT2D eigenvalue weighted by Gasteiger charge is 2.38. The van der Waals surface area contributed by atoms with Crippen LogP contribution in [0.2, 0.25) is 0 Å². The van der Waals surface area contributed by atoms with Crippen LogP contribution in [0.3, 0.4) is 0 Å². The number of halogens is 1. The number of amides is 1. The van der Waals surface area contributed by atoms with Gasteiger partial charge in [-0.1, -0.05) is 30.3 Å². The second kappa shape index (κ2) is 7.40. The maximum atomic E-state index is 14.1. The second-order valence-electron chi connectivity index (χ2n) is 6.38. The van der Waals surface area contributed by atoms with Crippen LogP contribution >= 0.6 is 0 Å². The molecule has 6 nitrogen and oxygen atoms in total. The molecule has 1 fully saturated rings. The topological polar surface area (TPSA) is 97.4 Å². The summed E-state index contributed by atoms with van der Waals surface area (Å²) < 4.78 is 62.6. The first-order valence-electron chi connectivity index (χ1n) is 8.25. The van der Waals surface area contributed by atoms with E-state index in [9.17, 15) is 26.0 Å². The Bertz CT molecular complexity index is 1070. The minimum absolute atomic E-state index is 0.00240. The molecule has 1 saturated heterocycles. The molecule has 9 heteroatoms. The summed E-state index contributed by atoms with van der Waals surface area (Å²) in [4.78, 5) is 12.0. The van der Waals surface area contributed by atoms with Gasteiger partial charge < -0.3 is 5.32 Å². The van der Waals surface area contributed by atoms with Crippen LogP contribution in [0.4, 0.5) is 4.39 Å². The van der Waals surface area contributed by atoms with Gasteiger partial charge in [-0.15, -0.1) is 0 Å². The van der Waals surface area contributed by atoms with Crippen molar-refractivity contribution in [2.24, 2.45) is 0 Å². The standard InChI is InChI=1S/C18H18FNO5S2/c19-17-7-6-14(27(24,25)15-8-9-26(22,23)12-15)10-16(17)18(21)20-11-13-4-2-1-3-5-13/h1-7,10,15H,8-9,11-12H2,(H,20,21). The van der Waals surface area contributed by atoms with Gasteiger partial charge in [-0.05, 0) is 30.2 Å². The lowest BCUT2D eigenvalue weighted by Crippen LogP contribution is -2.26. The molecule has 1 amide bonds. The van der Waals surface area contributed by atoms with Crippen molar-refractivity contribution in [3.63, 3.8) is 0 Å². The molecule has 27 heavy (non-hydrogen) atoms. The first kappa shape index (κ1) is 19.5. The zero-order valence-electron chi connectivity index (χ0n) is 14.3. The molecule has 1 aliphatic heterocycles. The largest absolute Gasteiger partial charge is 0.348 e. The number of carbonyl (C=O) groups is 1. The Morgan fingerprint density at radius 3 is 2.48 bits per heavy atom. The molecule has 0 aromatic heterocycles. The van der Waals surface area contributed by atoms with Crippen molar-refractivity contribution < 1.29 is 26.0 Å². The Labute approximate surface area is 157 Å². The number of carbonyl (C=O) groups excluding carboxylic acids is 1. The van der Waals surface area contributed by atoms with E-state index in [0.29, 0.717) is 0 Å². The summed E-state index contributed by atoms with van der Waals surface area (Å²) in [6, 6.07) is 11.9.